The molecule has 1 aliphatic heterocycles. The predicted octanol–water partition coefficient (Wildman–Crippen LogP) is 2.76. The number of nitrogens with one attached hydrogen (secondary N) is 1. The smallest absolute Gasteiger partial charge is 0.219 e. The van der Waals surface area contributed by atoms with Gasteiger partial charge in [-0.15, -0.1) is 0 Å². The van der Waals surface area contributed by atoms with Crippen LogP contribution in [0.1, 0.15) is 5.56 Å². The highest BCUT2D eigenvalue weighted by atomic mass is 32.2. The van der Waals surface area contributed by atoms with Gasteiger partial charge in [0, 0.05) is 28.7 Å². The summed E-state index contributed by atoms with van der Waals surface area (Å²) in [5, 5.41) is 1.12. The van der Waals surface area contributed by atoms with Crippen LogP contribution in [-0.4, -0.2) is 16.0 Å². The molecule has 0 bridgehead atoms. The van der Waals surface area contributed by atoms with Crippen LogP contribution in [0.5, 0.6) is 0 Å². The zero-order valence-corrected chi connectivity index (χ0v) is 9.21. The lowest BCUT2D eigenvalue weighted by molar-refractivity contribution is -0.107. The molecule has 0 saturated carbocycles. The normalized spacial score (nSPS) is 16.0. The monoisotopic (exact) mass is 231 g/mol. The van der Waals surface area contributed by atoms with Gasteiger partial charge in [-0.2, -0.15) is 0 Å². The minimum Gasteiger partial charge on any atom is -0.482 e. The number of para-hydroxylation sites is 1. The summed E-state index contributed by atoms with van der Waals surface area (Å²) in [6.07, 6.45) is 3.42. The van der Waals surface area contributed by atoms with Crippen molar-refractivity contribution in [3.63, 3.8) is 0 Å². The van der Waals surface area contributed by atoms with Crippen molar-refractivity contribution in [1.29, 1.82) is 0 Å². The molecule has 2 heterocycles. The average Bonchev–Trinajstić information content (AvgIpc) is 2.72. The van der Waals surface area contributed by atoms with Gasteiger partial charge in [-0.05, 0) is 17.8 Å². The summed E-state index contributed by atoms with van der Waals surface area (Å²) >= 11 is 1.18. The number of carbonyl (C=O) groups is 1. The molecule has 0 radical (unpaired) electrons. The highest BCUT2D eigenvalue weighted by Crippen LogP contribution is 2.29. The molecular weight excluding hydrogens is 222 g/mol. The summed E-state index contributed by atoms with van der Waals surface area (Å²) in [6, 6.07) is 7.95. The zero-order valence-electron chi connectivity index (χ0n) is 8.40. The molecule has 0 fully saturated rings. The minimum atomic E-state index is 0.0477. The number of aromatic amines is 1. The third-order valence-electron chi connectivity index (χ3n) is 2.52. The van der Waals surface area contributed by atoms with E-state index < -0.39 is 0 Å². The van der Waals surface area contributed by atoms with E-state index in [1.165, 1.54) is 11.8 Å². The third kappa shape index (κ3) is 1.51. The molecule has 16 heavy (non-hydrogen) atoms. The van der Waals surface area contributed by atoms with Gasteiger partial charge in [0.25, 0.3) is 0 Å². The second-order valence-corrected chi connectivity index (χ2v) is 4.41. The molecule has 1 aliphatic rings. The van der Waals surface area contributed by atoms with Crippen molar-refractivity contribution in [3.8, 4) is 0 Å². The lowest BCUT2D eigenvalue weighted by atomic mass is 10.1. The maximum absolute atomic E-state index is 11.3. The molecule has 3 rings (SSSR count). The zero-order chi connectivity index (χ0) is 11.0. The fourth-order valence-electron chi connectivity index (χ4n) is 1.77. The van der Waals surface area contributed by atoms with E-state index in [1.54, 1.807) is 6.08 Å². The SMILES string of the molecule is O=C1C=C(c2c[nH]c3ccccc23)OCS1. The Hall–Kier alpha value is -1.68. The summed E-state index contributed by atoms with van der Waals surface area (Å²) in [7, 11) is 0. The van der Waals surface area contributed by atoms with E-state index in [9.17, 15) is 4.79 Å². The van der Waals surface area contributed by atoms with Crippen LogP contribution in [-0.2, 0) is 9.53 Å². The lowest BCUT2D eigenvalue weighted by Gasteiger charge is -2.12. The molecular formula is C12H9NO2S. The van der Waals surface area contributed by atoms with E-state index >= 15 is 0 Å². The Bertz CT molecular complexity index is 585. The van der Waals surface area contributed by atoms with Crippen LogP contribution in [0.4, 0.5) is 0 Å². The minimum absolute atomic E-state index is 0.0477. The van der Waals surface area contributed by atoms with Crippen LogP contribution in [0.15, 0.2) is 36.5 Å². The summed E-state index contributed by atoms with van der Waals surface area (Å²) < 4.78 is 5.48. The van der Waals surface area contributed by atoms with Crippen molar-refractivity contribution in [2.24, 2.45) is 0 Å². The highest BCUT2D eigenvalue weighted by Gasteiger charge is 2.16. The van der Waals surface area contributed by atoms with Gasteiger partial charge >= 0.3 is 0 Å². The van der Waals surface area contributed by atoms with Gasteiger partial charge in [-0.1, -0.05) is 18.2 Å². The van der Waals surface area contributed by atoms with Crippen LogP contribution in [0.2, 0.25) is 0 Å². The Morgan fingerprint density at radius 1 is 1.31 bits per heavy atom. The van der Waals surface area contributed by atoms with E-state index in [2.05, 4.69) is 4.98 Å². The molecule has 1 aromatic heterocycles. The Balaban J connectivity index is 2.15. The van der Waals surface area contributed by atoms with Gasteiger partial charge in [0.2, 0.25) is 5.12 Å². The van der Waals surface area contributed by atoms with Crippen LogP contribution in [0, 0.1) is 0 Å². The number of aromatic nitrogens is 1. The summed E-state index contributed by atoms with van der Waals surface area (Å²) in [6.45, 7) is 0. The highest BCUT2D eigenvalue weighted by molar-refractivity contribution is 8.14. The van der Waals surface area contributed by atoms with E-state index in [1.807, 2.05) is 30.5 Å². The Morgan fingerprint density at radius 3 is 3.06 bits per heavy atom. The molecule has 0 amide bonds. The van der Waals surface area contributed by atoms with E-state index in [4.69, 9.17) is 4.74 Å². The number of hydrogen-bond acceptors (Lipinski definition) is 3. The summed E-state index contributed by atoms with van der Waals surface area (Å²) in [4.78, 5) is 14.5. The topological polar surface area (TPSA) is 42.1 Å². The molecule has 0 unspecified atom stereocenters. The van der Waals surface area contributed by atoms with Gasteiger partial charge in [-0.3, -0.25) is 4.79 Å². The number of rotatable bonds is 1. The number of ether oxygens (including phenoxy) is 1. The van der Waals surface area contributed by atoms with Gasteiger partial charge in [0.05, 0.1) is 0 Å². The molecule has 4 heteroatoms. The van der Waals surface area contributed by atoms with Gasteiger partial charge in [0.1, 0.15) is 11.7 Å². The molecule has 1 aromatic carbocycles. The number of hydrogen-bond donors (Lipinski definition) is 1. The summed E-state index contributed by atoms with van der Waals surface area (Å²) in [5.74, 6) is 1.05. The van der Waals surface area contributed by atoms with Crippen molar-refractivity contribution < 1.29 is 9.53 Å². The van der Waals surface area contributed by atoms with E-state index in [-0.39, 0.29) is 5.12 Å². The number of carbonyl (C=O) groups excluding carboxylic acids is 1. The molecule has 1 N–H and O–H groups in total. The Labute approximate surface area is 96.5 Å². The number of benzene rings is 1. The average molecular weight is 231 g/mol. The van der Waals surface area contributed by atoms with Crippen LogP contribution in [0.3, 0.4) is 0 Å². The molecule has 3 nitrogen and oxygen atoms in total. The van der Waals surface area contributed by atoms with E-state index in [0.717, 1.165) is 16.5 Å². The van der Waals surface area contributed by atoms with Crippen LogP contribution in [0.25, 0.3) is 16.7 Å². The van der Waals surface area contributed by atoms with Crippen molar-refractivity contribution in [3.05, 3.63) is 42.1 Å². The first kappa shape index (κ1) is 9.54. The number of H-pyrrole nitrogens is 1. The lowest BCUT2D eigenvalue weighted by Crippen LogP contribution is -2.02. The first-order valence-electron chi connectivity index (χ1n) is 4.92. The van der Waals surface area contributed by atoms with E-state index in [0.29, 0.717) is 11.7 Å². The largest absolute Gasteiger partial charge is 0.482 e. The number of fused-ring (bicyclic) bond motifs is 1. The quantitative estimate of drug-likeness (QED) is 0.820. The first-order valence-corrected chi connectivity index (χ1v) is 5.91. The van der Waals surface area contributed by atoms with Crippen molar-refractivity contribution >= 4 is 33.5 Å². The second-order valence-electron chi connectivity index (χ2n) is 3.48. The number of thioether (sulfide) groups is 1. The maximum Gasteiger partial charge on any atom is 0.219 e. The second kappa shape index (κ2) is 3.72. The fraction of sp³-hybridized carbons (Fsp3) is 0.0833. The van der Waals surface area contributed by atoms with Gasteiger partial charge in [0.15, 0.2) is 0 Å². The fourth-order valence-corrected chi connectivity index (χ4v) is 2.26. The Morgan fingerprint density at radius 2 is 2.19 bits per heavy atom. The molecule has 0 atom stereocenters. The molecule has 0 aliphatic carbocycles. The van der Waals surface area contributed by atoms with Gasteiger partial charge < -0.3 is 9.72 Å². The Kier molecular flexibility index (Phi) is 2.22. The summed E-state index contributed by atoms with van der Waals surface area (Å²) in [5.41, 5.74) is 2.00. The molecule has 0 saturated heterocycles. The van der Waals surface area contributed by atoms with Gasteiger partial charge in [-0.25, -0.2) is 0 Å². The molecule has 0 spiro atoms. The standard InChI is InChI=1S/C12H9NO2S/c14-12-5-11(15-7-16-12)9-6-13-10-4-2-1-3-8(9)10/h1-6,13H,7H2. The van der Waals surface area contributed by atoms with Crippen molar-refractivity contribution in [2.75, 3.05) is 5.94 Å². The van der Waals surface area contributed by atoms with Crippen molar-refractivity contribution in [1.82, 2.24) is 4.98 Å². The first-order chi connectivity index (χ1) is 7.84. The maximum atomic E-state index is 11.3. The molecule has 80 valence electrons. The van der Waals surface area contributed by atoms with Crippen LogP contribution >= 0.6 is 11.8 Å². The van der Waals surface area contributed by atoms with Crippen LogP contribution < -0.4 is 0 Å². The van der Waals surface area contributed by atoms with Crippen molar-refractivity contribution in [2.45, 2.75) is 0 Å². The molecule has 2 aromatic rings. The third-order valence-corrected chi connectivity index (χ3v) is 3.16. The predicted molar refractivity (Wildman–Crippen MR) is 64.8 cm³/mol.